The number of nitrogens with zero attached hydrogens (tertiary/aromatic N) is 1. The molecule has 1 atom stereocenters. The Hall–Kier alpha value is -1.16. The van der Waals surface area contributed by atoms with Crippen LogP contribution in [0.15, 0.2) is 12.3 Å². The number of rotatable bonds is 9. The smallest absolute Gasteiger partial charge is 0.250 e. The molecule has 0 saturated carbocycles. The molecule has 1 rings (SSSR count). The predicted molar refractivity (Wildman–Crippen MR) is 75.8 cm³/mol. The van der Waals surface area contributed by atoms with Crippen molar-refractivity contribution < 1.29 is 9.13 Å². The molecule has 108 valence electrons. The molecule has 0 bridgehead atoms. The summed E-state index contributed by atoms with van der Waals surface area (Å²) in [5.41, 5.74) is 0.589. The van der Waals surface area contributed by atoms with Gasteiger partial charge in [0.2, 0.25) is 0 Å². The molecule has 1 heterocycles. The molecule has 1 aromatic rings. The Morgan fingerprint density at radius 3 is 2.84 bits per heavy atom. The second-order valence-corrected chi connectivity index (χ2v) is 4.90. The van der Waals surface area contributed by atoms with Crippen LogP contribution in [0.2, 0.25) is 0 Å². The highest BCUT2D eigenvalue weighted by Crippen LogP contribution is 2.20. The summed E-state index contributed by atoms with van der Waals surface area (Å²) in [6.45, 7) is 4.64. The van der Waals surface area contributed by atoms with Crippen molar-refractivity contribution in [2.24, 2.45) is 0 Å². The molecular weight excluding hydrogens is 243 g/mol. The Labute approximate surface area is 115 Å². The number of ether oxygens (including phenoxy) is 1. The van der Waals surface area contributed by atoms with Crippen molar-refractivity contribution >= 4 is 0 Å². The molecule has 3 nitrogen and oxygen atoms in total. The quantitative estimate of drug-likeness (QED) is 0.694. The first-order valence-electron chi connectivity index (χ1n) is 7.13. The van der Waals surface area contributed by atoms with Crippen LogP contribution in [0.3, 0.4) is 0 Å². The maximum Gasteiger partial charge on any atom is 0.250 e. The maximum atomic E-state index is 14.0. The van der Waals surface area contributed by atoms with E-state index in [-0.39, 0.29) is 17.8 Å². The summed E-state index contributed by atoms with van der Waals surface area (Å²) in [5, 5.41) is 2.93. The van der Waals surface area contributed by atoms with Crippen molar-refractivity contribution in [2.75, 3.05) is 7.05 Å². The van der Waals surface area contributed by atoms with Crippen LogP contribution in [0.25, 0.3) is 0 Å². The maximum absolute atomic E-state index is 14.0. The van der Waals surface area contributed by atoms with Crippen molar-refractivity contribution in [3.05, 3.63) is 23.6 Å². The van der Waals surface area contributed by atoms with Gasteiger partial charge in [-0.25, -0.2) is 9.37 Å². The molecule has 0 saturated heterocycles. The first-order valence-corrected chi connectivity index (χ1v) is 7.13. The van der Waals surface area contributed by atoms with Crippen LogP contribution in [-0.4, -0.2) is 18.1 Å². The van der Waals surface area contributed by atoms with Gasteiger partial charge < -0.3 is 10.1 Å². The third-order valence-corrected chi connectivity index (χ3v) is 3.08. The average molecular weight is 268 g/mol. The van der Waals surface area contributed by atoms with Crippen LogP contribution in [0, 0.1) is 5.82 Å². The number of hydrogen-bond donors (Lipinski definition) is 1. The van der Waals surface area contributed by atoms with Crippen LogP contribution in [0.5, 0.6) is 5.88 Å². The van der Waals surface area contributed by atoms with Crippen molar-refractivity contribution in [1.82, 2.24) is 10.3 Å². The van der Waals surface area contributed by atoms with Crippen molar-refractivity contribution in [3.63, 3.8) is 0 Å². The zero-order chi connectivity index (χ0) is 14.1. The molecule has 4 heteroatoms. The van der Waals surface area contributed by atoms with Crippen molar-refractivity contribution in [1.29, 1.82) is 0 Å². The first-order chi connectivity index (χ1) is 9.19. The van der Waals surface area contributed by atoms with Crippen LogP contribution in [-0.2, 0) is 6.54 Å². The van der Waals surface area contributed by atoms with E-state index in [1.165, 1.54) is 19.3 Å². The summed E-state index contributed by atoms with van der Waals surface area (Å²) >= 11 is 0. The minimum atomic E-state index is -0.350. The normalized spacial score (nSPS) is 12.4. The molecule has 1 unspecified atom stereocenters. The minimum Gasteiger partial charge on any atom is -0.473 e. The molecule has 0 amide bonds. The molecule has 0 aliphatic heterocycles. The van der Waals surface area contributed by atoms with E-state index >= 15 is 0 Å². The Kier molecular flexibility index (Phi) is 7.41. The summed E-state index contributed by atoms with van der Waals surface area (Å²) in [7, 11) is 1.79. The molecule has 0 aromatic carbocycles. The van der Waals surface area contributed by atoms with Gasteiger partial charge in [-0.1, -0.05) is 26.2 Å². The number of unbranched alkanes of at least 4 members (excludes halogenated alkanes) is 3. The lowest BCUT2D eigenvalue weighted by Crippen LogP contribution is -2.15. The van der Waals surface area contributed by atoms with Crippen LogP contribution >= 0.6 is 0 Å². The van der Waals surface area contributed by atoms with Crippen LogP contribution in [0.1, 0.15) is 51.5 Å². The average Bonchev–Trinajstić information content (AvgIpc) is 2.40. The largest absolute Gasteiger partial charge is 0.473 e. The first kappa shape index (κ1) is 15.9. The van der Waals surface area contributed by atoms with E-state index < -0.39 is 0 Å². The van der Waals surface area contributed by atoms with Gasteiger partial charge in [-0.05, 0) is 32.9 Å². The van der Waals surface area contributed by atoms with E-state index in [9.17, 15) is 4.39 Å². The van der Waals surface area contributed by atoms with Gasteiger partial charge in [-0.15, -0.1) is 0 Å². The molecule has 0 spiro atoms. The van der Waals surface area contributed by atoms with E-state index in [2.05, 4.69) is 17.2 Å². The molecule has 0 aliphatic rings. The molecular formula is C15H25FN2O. The van der Waals surface area contributed by atoms with Gasteiger partial charge >= 0.3 is 0 Å². The molecule has 0 aliphatic carbocycles. The summed E-state index contributed by atoms with van der Waals surface area (Å²) in [6.07, 6.45) is 7.33. The topological polar surface area (TPSA) is 34.1 Å². The lowest BCUT2D eigenvalue weighted by Gasteiger charge is -2.15. The number of halogens is 1. The molecule has 1 aromatic heterocycles. The third-order valence-electron chi connectivity index (χ3n) is 3.08. The molecule has 1 N–H and O–H groups in total. The fourth-order valence-corrected chi connectivity index (χ4v) is 1.98. The Bertz CT molecular complexity index is 371. The molecule has 19 heavy (non-hydrogen) atoms. The summed E-state index contributed by atoms with van der Waals surface area (Å²) in [6, 6.07) is 1.67. The highest BCUT2D eigenvalue weighted by molar-refractivity contribution is 5.23. The number of hydrogen-bond acceptors (Lipinski definition) is 3. The zero-order valence-corrected chi connectivity index (χ0v) is 12.2. The van der Waals surface area contributed by atoms with Gasteiger partial charge in [0, 0.05) is 18.3 Å². The SMILES string of the molecule is CCCCCCC(C)Oc1nccc(CNC)c1F. The lowest BCUT2D eigenvalue weighted by atomic mass is 10.1. The Morgan fingerprint density at radius 2 is 2.16 bits per heavy atom. The summed E-state index contributed by atoms with van der Waals surface area (Å²) in [5.74, 6) is -0.229. The summed E-state index contributed by atoms with van der Waals surface area (Å²) in [4.78, 5) is 3.98. The van der Waals surface area contributed by atoms with Crippen molar-refractivity contribution in [3.8, 4) is 5.88 Å². The number of nitrogens with one attached hydrogen (secondary N) is 1. The highest BCUT2D eigenvalue weighted by atomic mass is 19.1. The minimum absolute atomic E-state index is 0.00342. The van der Waals surface area contributed by atoms with Gasteiger partial charge in [0.1, 0.15) is 0 Å². The second kappa shape index (κ2) is 8.86. The van der Waals surface area contributed by atoms with E-state index in [0.29, 0.717) is 12.1 Å². The van der Waals surface area contributed by atoms with Gasteiger partial charge in [-0.3, -0.25) is 0 Å². The van der Waals surface area contributed by atoms with Gasteiger partial charge in [0.05, 0.1) is 6.10 Å². The predicted octanol–water partition coefficient (Wildman–Crippen LogP) is 3.68. The monoisotopic (exact) mass is 268 g/mol. The zero-order valence-electron chi connectivity index (χ0n) is 12.2. The van der Waals surface area contributed by atoms with Crippen molar-refractivity contribution in [2.45, 2.75) is 58.6 Å². The Balaban J connectivity index is 2.49. The Morgan fingerprint density at radius 1 is 1.37 bits per heavy atom. The standard InChI is InChI=1S/C15H25FN2O/c1-4-5-6-7-8-12(2)19-15-14(16)13(11-17-3)9-10-18-15/h9-10,12,17H,4-8,11H2,1-3H3. The van der Waals surface area contributed by atoms with Crippen LogP contribution in [0.4, 0.5) is 4.39 Å². The fourth-order valence-electron chi connectivity index (χ4n) is 1.98. The number of pyridine rings is 1. The molecule has 0 radical (unpaired) electrons. The van der Waals surface area contributed by atoms with E-state index in [0.717, 1.165) is 12.8 Å². The molecule has 0 fully saturated rings. The highest BCUT2D eigenvalue weighted by Gasteiger charge is 2.13. The van der Waals surface area contributed by atoms with Crippen LogP contribution < -0.4 is 10.1 Å². The second-order valence-electron chi connectivity index (χ2n) is 4.90. The van der Waals surface area contributed by atoms with E-state index in [1.807, 2.05) is 6.92 Å². The lowest BCUT2D eigenvalue weighted by molar-refractivity contribution is 0.188. The van der Waals surface area contributed by atoms with Gasteiger partial charge in [0.25, 0.3) is 5.88 Å². The van der Waals surface area contributed by atoms with E-state index in [4.69, 9.17) is 4.74 Å². The number of aromatic nitrogens is 1. The fraction of sp³-hybridized carbons (Fsp3) is 0.667. The third kappa shape index (κ3) is 5.55. The van der Waals surface area contributed by atoms with Gasteiger partial charge in [0.15, 0.2) is 5.82 Å². The van der Waals surface area contributed by atoms with Gasteiger partial charge in [-0.2, -0.15) is 0 Å². The van der Waals surface area contributed by atoms with E-state index in [1.54, 1.807) is 19.3 Å². The summed E-state index contributed by atoms with van der Waals surface area (Å²) < 4.78 is 19.6.